The van der Waals surface area contributed by atoms with Gasteiger partial charge in [0.05, 0.1) is 11.3 Å². The Bertz CT molecular complexity index is 1160. The molecule has 0 bridgehead atoms. The average molecular weight is 400 g/mol. The van der Waals surface area contributed by atoms with Crippen molar-refractivity contribution >= 4 is 17.2 Å². The van der Waals surface area contributed by atoms with Gasteiger partial charge in [0.1, 0.15) is 23.5 Å². The molecular weight excluding hydrogens is 385 g/mol. The molecule has 148 valence electrons. The highest BCUT2D eigenvalue weighted by Gasteiger charge is 2.30. The Morgan fingerprint density at radius 1 is 1.03 bits per heavy atom. The van der Waals surface area contributed by atoms with Gasteiger partial charge in [-0.3, -0.25) is 0 Å². The zero-order valence-corrected chi connectivity index (χ0v) is 14.8. The zero-order chi connectivity index (χ0) is 20.6. The van der Waals surface area contributed by atoms with Crippen LogP contribution in [0.2, 0.25) is 0 Å². The number of halogens is 3. The van der Waals surface area contributed by atoms with Crippen molar-refractivity contribution in [2.75, 3.05) is 11.1 Å². The number of nitrogens with zero attached hydrogens (tertiary/aromatic N) is 4. The van der Waals surface area contributed by atoms with Crippen molar-refractivity contribution < 1.29 is 18.3 Å². The maximum atomic E-state index is 12.8. The Morgan fingerprint density at radius 2 is 1.79 bits per heavy atom. The molecule has 4 aromatic rings. The number of hydrogen-bond donors (Lipinski definition) is 3. The maximum absolute atomic E-state index is 12.8. The lowest BCUT2D eigenvalue weighted by molar-refractivity contribution is -0.137. The highest BCUT2D eigenvalue weighted by Crippen LogP contribution is 2.31. The van der Waals surface area contributed by atoms with E-state index in [-0.39, 0.29) is 5.82 Å². The predicted octanol–water partition coefficient (Wildman–Crippen LogP) is 3.50. The molecule has 0 amide bonds. The van der Waals surface area contributed by atoms with Crippen molar-refractivity contribution in [2.45, 2.75) is 12.4 Å². The van der Waals surface area contributed by atoms with Crippen LogP contribution in [-0.2, 0) is 6.18 Å². The molecule has 0 spiro atoms. The van der Waals surface area contributed by atoms with Crippen molar-refractivity contribution in [1.82, 2.24) is 19.4 Å². The minimum absolute atomic E-state index is 0.0876. The summed E-state index contributed by atoms with van der Waals surface area (Å²) in [6, 6.07) is 8.44. The minimum atomic E-state index is -4.49. The van der Waals surface area contributed by atoms with Gasteiger partial charge in [-0.05, 0) is 12.1 Å². The van der Waals surface area contributed by atoms with E-state index in [2.05, 4.69) is 20.3 Å². The molecule has 0 radical (unpaired) electrons. The van der Waals surface area contributed by atoms with Crippen molar-refractivity contribution in [1.29, 1.82) is 0 Å². The van der Waals surface area contributed by atoms with Gasteiger partial charge in [0.15, 0.2) is 6.23 Å². The quantitative estimate of drug-likeness (QED) is 0.453. The number of nitrogens with two attached hydrogens (primary N) is 1. The Hall–Kier alpha value is -3.66. The van der Waals surface area contributed by atoms with Crippen molar-refractivity contribution in [3.63, 3.8) is 0 Å². The third kappa shape index (κ3) is 3.69. The lowest BCUT2D eigenvalue weighted by atomic mass is 10.1. The highest BCUT2D eigenvalue weighted by atomic mass is 19.4. The third-order valence-corrected chi connectivity index (χ3v) is 4.35. The summed E-state index contributed by atoms with van der Waals surface area (Å²) < 4.78 is 40.2. The Kier molecular flexibility index (Phi) is 4.55. The molecule has 29 heavy (non-hydrogen) atoms. The van der Waals surface area contributed by atoms with Gasteiger partial charge in [-0.25, -0.2) is 15.0 Å². The molecule has 0 aliphatic carbocycles. The van der Waals surface area contributed by atoms with Crippen molar-refractivity contribution in [3.05, 3.63) is 72.4 Å². The zero-order valence-electron chi connectivity index (χ0n) is 14.8. The van der Waals surface area contributed by atoms with E-state index >= 15 is 0 Å². The molecule has 3 aromatic heterocycles. The molecule has 4 N–H and O–H groups in total. The van der Waals surface area contributed by atoms with Gasteiger partial charge in [0.2, 0.25) is 0 Å². The van der Waals surface area contributed by atoms with Crippen LogP contribution >= 0.6 is 0 Å². The molecule has 0 aliphatic rings. The molecular formula is C19H15F3N6O. The van der Waals surface area contributed by atoms with E-state index in [9.17, 15) is 18.3 Å². The fourth-order valence-electron chi connectivity index (χ4n) is 2.92. The predicted molar refractivity (Wildman–Crippen MR) is 101 cm³/mol. The van der Waals surface area contributed by atoms with Crippen molar-refractivity contribution in [2.24, 2.45) is 0 Å². The Balaban J connectivity index is 1.56. The normalized spacial score (nSPS) is 12.8. The average Bonchev–Trinajstić information content (AvgIpc) is 3.13. The monoisotopic (exact) mass is 400 g/mol. The molecule has 0 saturated heterocycles. The summed E-state index contributed by atoms with van der Waals surface area (Å²) >= 11 is 0. The van der Waals surface area contributed by atoms with Crippen LogP contribution in [0.1, 0.15) is 17.4 Å². The number of alkyl halides is 3. The molecule has 10 heteroatoms. The number of pyridine rings is 1. The molecule has 3 heterocycles. The number of hydrogen-bond acceptors (Lipinski definition) is 6. The second-order valence-corrected chi connectivity index (χ2v) is 6.26. The first kappa shape index (κ1) is 18.7. The third-order valence-electron chi connectivity index (χ3n) is 4.35. The van der Waals surface area contributed by atoms with Crippen LogP contribution in [0.4, 0.5) is 24.8 Å². The van der Waals surface area contributed by atoms with Gasteiger partial charge in [-0.2, -0.15) is 13.2 Å². The van der Waals surface area contributed by atoms with Gasteiger partial charge in [0, 0.05) is 29.7 Å². The SMILES string of the molecule is Nc1nccn2cnc(-c3ccc(C(O)Nc4cc(C(F)(F)F)ccn4)cc3)c12. The minimum Gasteiger partial charge on any atom is -0.382 e. The smallest absolute Gasteiger partial charge is 0.382 e. The van der Waals surface area contributed by atoms with Crippen LogP contribution in [0.3, 0.4) is 0 Å². The topological polar surface area (TPSA) is 101 Å². The number of imidazole rings is 1. The summed E-state index contributed by atoms with van der Waals surface area (Å²) in [5.74, 6) is 0.247. The summed E-state index contributed by atoms with van der Waals surface area (Å²) in [6.45, 7) is 0. The summed E-state index contributed by atoms with van der Waals surface area (Å²) in [4.78, 5) is 12.2. The van der Waals surface area contributed by atoms with Gasteiger partial charge < -0.3 is 20.6 Å². The fourth-order valence-corrected chi connectivity index (χ4v) is 2.92. The van der Waals surface area contributed by atoms with Gasteiger partial charge >= 0.3 is 6.18 Å². The molecule has 1 unspecified atom stereocenters. The maximum Gasteiger partial charge on any atom is 0.416 e. The molecule has 0 saturated carbocycles. The van der Waals surface area contributed by atoms with Crippen molar-refractivity contribution in [3.8, 4) is 11.3 Å². The lowest BCUT2D eigenvalue weighted by Crippen LogP contribution is -2.12. The van der Waals surface area contributed by atoms with E-state index in [1.54, 1.807) is 47.4 Å². The van der Waals surface area contributed by atoms with Crippen LogP contribution in [0.5, 0.6) is 0 Å². The largest absolute Gasteiger partial charge is 0.416 e. The van der Waals surface area contributed by atoms with E-state index in [0.29, 0.717) is 22.6 Å². The van der Waals surface area contributed by atoms with Gasteiger partial charge in [0.25, 0.3) is 0 Å². The first-order valence-electron chi connectivity index (χ1n) is 8.48. The first-order valence-corrected chi connectivity index (χ1v) is 8.48. The molecule has 1 atom stereocenters. The summed E-state index contributed by atoms with van der Waals surface area (Å²) in [7, 11) is 0. The van der Waals surface area contributed by atoms with Gasteiger partial charge in [-0.1, -0.05) is 24.3 Å². The van der Waals surface area contributed by atoms with E-state index < -0.39 is 18.0 Å². The van der Waals surface area contributed by atoms with E-state index in [4.69, 9.17) is 5.73 Å². The number of nitrogens with one attached hydrogen (secondary N) is 1. The number of aliphatic hydroxyl groups excluding tert-OH is 1. The Labute approximate surface area is 162 Å². The van der Waals surface area contributed by atoms with E-state index in [1.807, 2.05) is 0 Å². The number of aliphatic hydroxyl groups is 1. The molecule has 0 aliphatic heterocycles. The van der Waals surface area contributed by atoms with Crippen LogP contribution in [0.15, 0.2) is 61.3 Å². The van der Waals surface area contributed by atoms with Gasteiger partial charge in [-0.15, -0.1) is 0 Å². The molecule has 4 rings (SSSR count). The summed E-state index contributed by atoms with van der Waals surface area (Å²) in [6.07, 6.45) is 0.212. The second kappa shape index (κ2) is 7.06. The number of fused-ring (bicyclic) bond motifs is 1. The highest BCUT2D eigenvalue weighted by molar-refractivity contribution is 5.84. The number of benzene rings is 1. The first-order chi connectivity index (χ1) is 13.8. The number of nitrogen functional groups attached to an aromatic ring is 1. The molecule has 0 fully saturated rings. The second-order valence-electron chi connectivity index (χ2n) is 6.26. The standard InChI is InChI=1S/C19H15F3N6O/c20-19(21,22)13-5-6-24-14(9-13)27-18(29)12-3-1-11(2-4-12)15-16-17(23)25-7-8-28(16)10-26-15/h1-10,18,29H,(H2,23,25)(H,24,27). The fraction of sp³-hybridized carbons (Fsp3) is 0.105. The molecule has 7 nitrogen and oxygen atoms in total. The summed E-state index contributed by atoms with van der Waals surface area (Å²) in [5.41, 5.74) is 7.57. The number of aromatic nitrogens is 4. The van der Waals surface area contributed by atoms with E-state index in [0.717, 1.165) is 23.9 Å². The van der Waals surface area contributed by atoms with E-state index in [1.165, 1.54) is 0 Å². The van der Waals surface area contributed by atoms with Crippen LogP contribution in [-0.4, -0.2) is 24.5 Å². The summed E-state index contributed by atoms with van der Waals surface area (Å²) in [5, 5.41) is 12.9. The number of rotatable bonds is 4. The van der Waals surface area contributed by atoms with Crippen LogP contribution < -0.4 is 11.1 Å². The Morgan fingerprint density at radius 3 is 2.52 bits per heavy atom. The van der Waals surface area contributed by atoms with Crippen LogP contribution in [0, 0.1) is 0 Å². The number of anilines is 2. The molecule has 1 aromatic carbocycles. The van der Waals surface area contributed by atoms with Crippen LogP contribution in [0.25, 0.3) is 16.8 Å². The lowest BCUT2D eigenvalue weighted by Gasteiger charge is -2.15.